The van der Waals surface area contributed by atoms with E-state index in [1.54, 1.807) is 0 Å². The summed E-state index contributed by atoms with van der Waals surface area (Å²) in [6, 6.07) is 9.88. The van der Waals surface area contributed by atoms with E-state index in [0.29, 0.717) is 11.4 Å². The van der Waals surface area contributed by atoms with Crippen LogP contribution >= 0.6 is 0 Å². The summed E-state index contributed by atoms with van der Waals surface area (Å²) in [4.78, 5) is 15.6. The number of benzene rings is 1. The third-order valence-electron chi connectivity index (χ3n) is 4.39. The molecule has 118 valence electrons. The number of H-pyrrole nitrogens is 1. The Morgan fingerprint density at radius 2 is 2.18 bits per heavy atom. The molecule has 0 saturated heterocycles. The topological polar surface area (TPSA) is 62.0 Å². The highest BCUT2D eigenvalue weighted by molar-refractivity contribution is 7.85. The van der Waals surface area contributed by atoms with Gasteiger partial charge in [-0.1, -0.05) is 31.5 Å². The lowest BCUT2D eigenvalue weighted by Gasteiger charge is -2.28. The van der Waals surface area contributed by atoms with E-state index < -0.39 is 10.8 Å². The number of aromatic nitrogens is 1. The molecule has 0 radical (unpaired) electrons. The number of fused-ring (bicyclic) bond motifs is 1. The highest BCUT2D eigenvalue weighted by Crippen LogP contribution is 2.23. The molecule has 1 amide bonds. The number of rotatable bonds is 4. The predicted molar refractivity (Wildman–Crippen MR) is 90.5 cm³/mol. The average Bonchev–Trinajstić information content (AvgIpc) is 2.98. The van der Waals surface area contributed by atoms with Crippen LogP contribution in [0, 0.1) is 0 Å². The number of carbonyl (C=O) groups is 1. The van der Waals surface area contributed by atoms with Gasteiger partial charge in [-0.15, -0.1) is 0 Å². The second-order valence-electron chi connectivity index (χ2n) is 5.90. The monoisotopic (exact) mass is 318 g/mol. The summed E-state index contributed by atoms with van der Waals surface area (Å²) in [5.74, 6) is 0.636. The van der Waals surface area contributed by atoms with Gasteiger partial charge in [-0.25, -0.2) is 0 Å². The Balaban J connectivity index is 1.67. The summed E-state index contributed by atoms with van der Waals surface area (Å²) in [6.45, 7) is 1.96. The average molecular weight is 318 g/mol. The van der Waals surface area contributed by atoms with Crippen LogP contribution in [-0.2, 0) is 10.8 Å². The molecule has 2 N–H and O–H groups in total. The third-order valence-corrected chi connectivity index (χ3v) is 6.13. The number of carbonyl (C=O) groups excluding carboxylic acids is 1. The van der Waals surface area contributed by atoms with Gasteiger partial charge >= 0.3 is 0 Å². The zero-order valence-electron chi connectivity index (χ0n) is 12.8. The van der Waals surface area contributed by atoms with Crippen molar-refractivity contribution in [3.63, 3.8) is 0 Å². The highest BCUT2D eigenvalue weighted by atomic mass is 32.2. The van der Waals surface area contributed by atoms with Crippen LogP contribution in [0.5, 0.6) is 0 Å². The molecule has 3 rings (SSSR count). The Hall–Kier alpha value is -1.62. The Bertz CT molecular complexity index is 662. The molecule has 2 aromatic rings. The van der Waals surface area contributed by atoms with E-state index in [-0.39, 0.29) is 17.2 Å². The fourth-order valence-electron chi connectivity index (χ4n) is 3.21. The number of nitrogens with one attached hydrogen (secondary N) is 2. The molecule has 3 atom stereocenters. The second kappa shape index (κ2) is 6.65. The van der Waals surface area contributed by atoms with E-state index >= 15 is 0 Å². The van der Waals surface area contributed by atoms with Crippen LogP contribution in [-0.4, -0.2) is 32.1 Å². The highest BCUT2D eigenvalue weighted by Gasteiger charge is 2.27. The van der Waals surface area contributed by atoms with Crippen LogP contribution in [0.15, 0.2) is 30.3 Å². The smallest absolute Gasteiger partial charge is 0.267 e. The molecular formula is C17H22N2O2S. The largest absolute Gasteiger partial charge is 0.351 e. The number of aromatic amines is 1. The zero-order valence-corrected chi connectivity index (χ0v) is 13.6. The molecule has 0 unspecified atom stereocenters. The van der Waals surface area contributed by atoms with Gasteiger partial charge < -0.3 is 10.3 Å². The van der Waals surface area contributed by atoms with Gasteiger partial charge in [0.25, 0.3) is 5.91 Å². The molecule has 4 nitrogen and oxygen atoms in total. The van der Waals surface area contributed by atoms with Crippen molar-refractivity contribution in [3.05, 3.63) is 36.0 Å². The van der Waals surface area contributed by atoms with Gasteiger partial charge in [0.1, 0.15) is 5.69 Å². The summed E-state index contributed by atoms with van der Waals surface area (Å²) in [5, 5.41) is 4.37. The van der Waals surface area contributed by atoms with Gasteiger partial charge in [0.2, 0.25) is 0 Å². The maximum Gasteiger partial charge on any atom is 0.267 e. The van der Waals surface area contributed by atoms with Gasteiger partial charge in [0.15, 0.2) is 0 Å². The first-order valence-electron chi connectivity index (χ1n) is 7.93. The molecule has 1 saturated carbocycles. The molecule has 1 aromatic carbocycles. The normalized spacial score (nSPS) is 23.3. The molecule has 1 heterocycles. The minimum Gasteiger partial charge on any atom is -0.351 e. The number of hydrogen-bond acceptors (Lipinski definition) is 2. The number of para-hydroxylation sites is 1. The fraction of sp³-hybridized carbons (Fsp3) is 0.471. The Kier molecular flexibility index (Phi) is 4.62. The van der Waals surface area contributed by atoms with E-state index in [1.807, 2.05) is 37.3 Å². The first-order valence-corrected chi connectivity index (χ1v) is 9.31. The van der Waals surface area contributed by atoms with Crippen molar-refractivity contribution < 1.29 is 9.00 Å². The fourth-order valence-corrected chi connectivity index (χ4v) is 4.56. The van der Waals surface area contributed by atoms with Crippen LogP contribution in [0.2, 0.25) is 0 Å². The molecule has 1 aliphatic carbocycles. The lowest BCUT2D eigenvalue weighted by Crippen LogP contribution is -2.41. The van der Waals surface area contributed by atoms with Gasteiger partial charge in [-0.05, 0) is 31.4 Å². The van der Waals surface area contributed by atoms with E-state index in [4.69, 9.17) is 0 Å². The van der Waals surface area contributed by atoms with Crippen molar-refractivity contribution in [2.75, 3.05) is 5.75 Å². The van der Waals surface area contributed by atoms with Crippen molar-refractivity contribution in [1.29, 1.82) is 0 Å². The number of amides is 1. The quantitative estimate of drug-likeness (QED) is 0.910. The lowest BCUT2D eigenvalue weighted by atomic mass is 9.95. The lowest BCUT2D eigenvalue weighted by molar-refractivity contribution is 0.0924. The van der Waals surface area contributed by atoms with Crippen LogP contribution in [0.4, 0.5) is 0 Å². The second-order valence-corrected chi connectivity index (χ2v) is 7.90. The molecule has 5 heteroatoms. The molecule has 1 fully saturated rings. The van der Waals surface area contributed by atoms with Crippen molar-refractivity contribution in [3.8, 4) is 0 Å². The van der Waals surface area contributed by atoms with Crippen molar-refractivity contribution in [2.24, 2.45) is 0 Å². The van der Waals surface area contributed by atoms with Gasteiger partial charge in [-0.3, -0.25) is 9.00 Å². The molecule has 0 bridgehead atoms. The minimum atomic E-state index is -0.765. The van der Waals surface area contributed by atoms with Crippen LogP contribution in [0.1, 0.15) is 43.1 Å². The predicted octanol–water partition coefficient (Wildman–Crippen LogP) is 2.98. The Labute approximate surface area is 133 Å². The van der Waals surface area contributed by atoms with E-state index in [9.17, 15) is 9.00 Å². The molecule has 22 heavy (non-hydrogen) atoms. The van der Waals surface area contributed by atoms with Crippen LogP contribution < -0.4 is 5.32 Å². The standard InChI is InChI=1S/C17H22N2O2S/c1-2-22(21)14-8-5-7-13(11-14)18-17(20)16-10-12-6-3-4-9-15(12)19-16/h3-4,6,9-10,13-14,19H,2,5,7-8,11H2,1H3,(H,18,20)/t13-,14-,22-/m0/s1. The van der Waals surface area contributed by atoms with Crippen molar-refractivity contribution >= 4 is 27.6 Å². The summed E-state index contributed by atoms with van der Waals surface area (Å²) >= 11 is 0. The van der Waals surface area contributed by atoms with Crippen LogP contribution in [0.25, 0.3) is 10.9 Å². The van der Waals surface area contributed by atoms with E-state index in [1.165, 1.54) is 0 Å². The van der Waals surface area contributed by atoms with Gasteiger partial charge in [0, 0.05) is 38.7 Å². The zero-order chi connectivity index (χ0) is 15.5. The molecule has 0 spiro atoms. The van der Waals surface area contributed by atoms with Crippen molar-refractivity contribution in [2.45, 2.75) is 43.9 Å². The van der Waals surface area contributed by atoms with Gasteiger partial charge in [0.05, 0.1) is 0 Å². The third kappa shape index (κ3) is 3.24. The van der Waals surface area contributed by atoms with Gasteiger partial charge in [-0.2, -0.15) is 0 Å². The molecular weight excluding hydrogens is 296 g/mol. The maximum absolute atomic E-state index is 12.4. The first-order chi connectivity index (χ1) is 10.7. The molecule has 0 aliphatic heterocycles. The molecule has 1 aromatic heterocycles. The van der Waals surface area contributed by atoms with E-state index in [2.05, 4.69) is 10.3 Å². The molecule has 1 aliphatic rings. The minimum absolute atomic E-state index is 0.0656. The number of hydrogen-bond donors (Lipinski definition) is 2. The summed E-state index contributed by atoms with van der Waals surface area (Å²) < 4.78 is 12.0. The van der Waals surface area contributed by atoms with E-state index in [0.717, 1.165) is 36.6 Å². The SMILES string of the molecule is CC[S@](=O)[C@H]1CCC[C@H](NC(=O)c2cc3ccccc3[nH]2)C1. The maximum atomic E-state index is 12.4. The van der Waals surface area contributed by atoms with Crippen LogP contribution in [0.3, 0.4) is 0 Å². The summed E-state index contributed by atoms with van der Waals surface area (Å²) in [5.41, 5.74) is 1.57. The van der Waals surface area contributed by atoms with Crippen molar-refractivity contribution in [1.82, 2.24) is 10.3 Å². The first kappa shape index (κ1) is 15.3. The Morgan fingerprint density at radius 3 is 2.95 bits per heavy atom. The summed E-state index contributed by atoms with van der Waals surface area (Å²) in [6.07, 6.45) is 3.85. The Morgan fingerprint density at radius 1 is 1.36 bits per heavy atom. The summed E-state index contributed by atoms with van der Waals surface area (Å²) in [7, 11) is -0.765.